The molecule has 116 valence electrons. The number of carbonyl (C=O) groups excluding carboxylic acids is 1. The van der Waals surface area contributed by atoms with Gasteiger partial charge in [0.15, 0.2) is 5.03 Å². The molecule has 1 aliphatic rings. The Morgan fingerprint density at radius 3 is 2.57 bits per heavy atom. The predicted octanol–water partition coefficient (Wildman–Crippen LogP) is -0.603. The summed E-state index contributed by atoms with van der Waals surface area (Å²) in [6, 6.07) is -0.0605. The Balaban J connectivity index is 2.13. The molecule has 9 nitrogen and oxygen atoms in total. The van der Waals surface area contributed by atoms with E-state index in [1.807, 2.05) is 0 Å². The molecule has 1 aromatic rings. The van der Waals surface area contributed by atoms with Crippen LogP contribution in [0.25, 0.3) is 0 Å². The summed E-state index contributed by atoms with van der Waals surface area (Å²) in [5.41, 5.74) is -0.376. The van der Waals surface area contributed by atoms with Crippen molar-refractivity contribution in [3.63, 3.8) is 0 Å². The van der Waals surface area contributed by atoms with Crippen molar-refractivity contribution in [2.45, 2.75) is 30.8 Å². The number of sulfonamides is 1. The van der Waals surface area contributed by atoms with Crippen molar-refractivity contribution in [3.8, 4) is 0 Å². The van der Waals surface area contributed by atoms with Gasteiger partial charge in [0.1, 0.15) is 5.56 Å². The van der Waals surface area contributed by atoms with E-state index in [1.54, 1.807) is 0 Å². The quantitative estimate of drug-likeness (QED) is 0.679. The number of nitrogens with one attached hydrogen (secondary N) is 2. The van der Waals surface area contributed by atoms with E-state index in [0.29, 0.717) is 12.8 Å². The minimum absolute atomic E-state index is 0.0605. The molecule has 1 aromatic heterocycles. The predicted molar refractivity (Wildman–Crippen MR) is 71.1 cm³/mol. The fourth-order valence-corrected chi connectivity index (χ4v) is 3.82. The minimum Gasteiger partial charge on any atom is -0.478 e. The number of carboxylic acid groups (broad SMARTS) is 1. The average molecular weight is 316 g/mol. The summed E-state index contributed by atoms with van der Waals surface area (Å²) in [6.07, 6.45) is 1.93. The highest BCUT2D eigenvalue weighted by Gasteiger charge is 2.33. The highest BCUT2D eigenvalue weighted by Crippen LogP contribution is 2.21. The van der Waals surface area contributed by atoms with Gasteiger partial charge in [0.2, 0.25) is 5.91 Å². The molecule has 2 rings (SSSR count). The van der Waals surface area contributed by atoms with Crippen LogP contribution in [0.1, 0.15) is 30.1 Å². The van der Waals surface area contributed by atoms with Crippen LogP contribution >= 0.6 is 0 Å². The largest absolute Gasteiger partial charge is 0.478 e. The molecular weight excluding hydrogens is 300 g/mol. The number of carboxylic acids is 1. The van der Waals surface area contributed by atoms with E-state index in [0.717, 1.165) is 6.20 Å². The van der Waals surface area contributed by atoms with E-state index in [-0.39, 0.29) is 30.6 Å². The molecule has 0 saturated carbocycles. The lowest BCUT2D eigenvalue weighted by molar-refractivity contribution is -0.119. The molecule has 10 heteroatoms. The lowest BCUT2D eigenvalue weighted by Gasteiger charge is -2.31. The van der Waals surface area contributed by atoms with E-state index in [1.165, 1.54) is 11.2 Å². The molecule has 0 aliphatic carbocycles. The molecule has 0 radical (unpaired) electrons. The second kappa shape index (κ2) is 5.82. The Labute approximate surface area is 121 Å². The monoisotopic (exact) mass is 316 g/mol. The molecule has 0 aromatic carbocycles. The third-order valence-corrected chi connectivity index (χ3v) is 5.17. The van der Waals surface area contributed by atoms with E-state index in [9.17, 15) is 18.0 Å². The summed E-state index contributed by atoms with van der Waals surface area (Å²) in [7, 11) is -3.92. The number of carbonyl (C=O) groups is 2. The van der Waals surface area contributed by atoms with Crippen molar-refractivity contribution in [1.82, 2.24) is 19.8 Å². The molecule has 0 atom stereocenters. The summed E-state index contributed by atoms with van der Waals surface area (Å²) in [4.78, 5) is 22.0. The van der Waals surface area contributed by atoms with Gasteiger partial charge in [-0.1, -0.05) is 0 Å². The number of aromatic carboxylic acids is 1. The molecule has 0 spiro atoms. The number of rotatable bonds is 4. The Kier molecular flexibility index (Phi) is 4.28. The zero-order valence-corrected chi connectivity index (χ0v) is 12.2. The maximum atomic E-state index is 12.4. The van der Waals surface area contributed by atoms with Crippen LogP contribution in [0.5, 0.6) is 0 Å². The second-order valence-corrected chi connectivity index (χ2v) is 6.67. The van der Waals surface area contributed by atoms with Crippen LogP contribution in [-0.4, -0.2) is 59.0 Å². The Hall–Kier alpha value is -1.94. The van der Waals surface area contributed by atoms with Gasteiger partial charge in [-0.15, -0.1) is 0 Å². The van der Waals surface area contributed by atoms with Crippen LogP contribution in [0.4, 0.5) is 0 Å². The molecule has 2 heterocycles. The van der Waals surface area contributed by atoms with Crippen LogP contribution in [-0.2, 0) is 14.8 Å². The molecule has 0 bridgehead atoms. The van der Waals surface area contributed by atoms with Crippen molar-refractivity contribution in [2.24, 2.45) is 0 Å². The average Bonchev–Trinajstić information content (AvgIpc) is 2.88. The van der Waals surface area contributed by atoms with Gasteiger partial charge in [0.05, 0.1) is 6.20 Å². The Morgan fingerprint density at radius 1 is 1.43 bits per heavy atom. The summed E-state index contributed by atoms with van der Waals surface area (Å²) in [5.74, 6) is -1.51. The first kappa shape index (κ1) is 15.4. The highest BCUT2D eigenvalue weighted by molar-refractivity contribution is 7.89. The summed E-state index contributed by atoms with van der Waals surface area (Å²) in [5, 5.41) is 17.0. The topological polar surface area (TPSA) is 132 Å². The van der Waals surface area contributed by atoms with Gasteiger partial charge in [-0.2, -0.15) is 9.40 Å². The van der Waals surface area contributed by atoms with Crippen LogP contribution in [0.3, 0.4) is 0 Å². The van der Waals surface area contributed by atoms with Crippen molar-refractivity contribution >= 4 is 21.9 Å². The number of hydrogen-bond acceptors (Lipinski definition) is 5. The van der Waals surface area contributed by atoms with Crippen molar-refractivity contribution in [1.29, 1.82) is 0 Å². The highest BCUT2D eigenvalue weighted by atomic mass is 32.2. The van der Waals surface area contributed by atoms with Crippen molar-refractivity contribution in [3.05, 3.63) is 11.8 Å². The van der Waals surface area contributed by atoms with Gasteiger partial charge in [-0.05, 0) is 12.8 Å². The molecule has 0 unspecified atom stereocenters. The maximum Gasteiger partial charge on any atom is 0.340 e. The molecule has 21 heavy (non-hydrogen) atoms. The molecular formula is C11H16N4O5S. The van der Waals surface area contributed by atoms with Gasteiger partial charge >= 0.3 is 5.97 Å². The summed E-state index contributed by atoms with van der Waals surface area (Å²) < 4.78 is 26.0. The second-order valence-electron chi connectivity index (χ2n) is 4.80. The standard InChI is InChI=1S/C11H16N4O5S/c1-7(16)13-8-2-4-15(5-3-8)21(19,20)10-9(11(17)18)6-12-14-10/h6,8H,2-5H2,1H3,(H,12,14)(H,13,16)(H,17,18). The van der Waals surface area contributed by atoms with Crippen molar-refractivity contribution < 1.29 is 23.1 Å². The SMILES string of the molecule is CC(=O)NC1CCN(S(=O)(=O)c2[nH]ncc2C(=O)O)CC1. The van der Waals surface area contributed by atoms with Gasteiger partial charge in [-0.3, -0.25) is 9.89 Å². The lowest BCUT2D eigenvalue weighted by Crippen LogP contribution is -2.46. The van der Waals surface area contributed by atoms with E-state index in [2.05, 4.69) is 15.5 Å². The third-order valence-electron chi connectivity index (χ3n) is 3.29. The van der Waals surface area contributed by atoms with Crippen molar-refractivity contribution in [2.75, 3.05) is 13.1 Å². The fourth-order valence-electron chi connectivity index (χ4n) is 2.28. The summed E-state index contributed by atoms with van der Waals surface area (Å²) >= 11 is 0. The maximum absolute atomic E-state index is 12.4. The molecule has 1 aliphatic heterocycles. The van der Waals surface area contributed by atoms with Crippen LogP contribution in [0, 0.1) is 0 Å². The van der Waals surface area contributed by atoms with Gasteiger partial charge < -0.3 is 10.4 Å². The van der Waals surface area contributed by atoms with Gasteiger partial charge in [-0.25, -0.2) is 13.2 Å². The first-order chi connectivity index (χ1) is 9.82. The first-order valence-corrected chi connectivity index (χ1v) is 7.80. The smallest absolute Gasteiger partial charge is 0.340 e. The number of amides is 1. The number of aromatic amines is 1. The molecule has 1 saturated heterocycles. The summed E-state index contributed by atoms with van der Waals surface area (Å²) in [6.45, 7) is 1.84. The van der Waals surface area contributed by atoms with Gasteiger partial charge in [0.25, 0.3) is 10.0 Å². The number of aromatic nitrogens is 2. The normalized spacial score (nSPS) is 17.6. The fraction of sp³-hybridized carbons (Fsp3) is 0.545. The third kappa shape index (κ3) is 3.22. The number of hydrogen-bond donors (Lipinski definition) is 3. The molecule has 1 amide bonds. The molecule has 1 fully saturated rings. The Bertz CT molecular complexity index is 645. The zero-order valence-electron chi connectivity index (χ0n) is 11.4. The van der Waals surface area contributed by atoms with Crippen LogP contribution in [0.15, 0.2) is 11.2 Å². The number of H-pyrrole nitrogens is 1. The van der Waals surface area contributed by atoms with Crippen LogP contribution in [0.2, 0.25) is 0 Å². The number of piperidine rings is 1. The first-order valence-electron chi connectivity index (χ1n) is 6.36. The van der Waals surface area contributed by atoms with Crippen LogP contribution < -0.4 is 5.32 Å². The minimum atomic E-state index is -3.92. The van der Waals surface area contributed by atoms with E-state index >= 15 is 0 Å². The zero-order chi connectivity index (χ0) is 15.6. The van der Waals surface area contributed by atoms with Gasteiger partial charge in [0, 0.05) is 26.1 Å². The lowest BCUT2D eigenvalue weighted by atomic mass is 10.1. The molecule has 3 N–H and O–H groups in total. The van der Waals surface area contributed by atoms with E-state index < -0.39 is 21.0 Å². The Morgan fingerprint density at radius 2 is 2.05 bits per heavy atom. The van der Waals surface area contributed by atoms with E-state index in [4.69, 9.17) is 5.11 Å². The number of nitrogens with zero attached hydrogens (tertiary/aromatic N) is 2.